The number of para-hydroxylation sites is 1. The summed E-state index contributed by atoms with van der Waals surface area (Å²) in [6.07, 6.45) is 9.07. The van der Waals surface area contributed by atoms with Gasteiger partial charge in [-0.3, -0.25) is 9.78 Å². The summed E-state index contributed by atoms with van der Waals surface area (Å²) in [5, 5.41) is 3.84. The van der Waals surface area contributed by atoms with Crippen LogP contribution in [0.5, 0.6) is 0 Å². The van der Waals surface area contributed by atoms with Gasteiger partial charge in [0.2, 0.25) is 0 Å². The van der Waals surface area contributed by atoms with Crippen LogP contribution in [0.25, 0.3) is 10.9 Å². The van der Waals surface area contributed by atoms with Crippen LogP contribution >= 0.6 is 0 Å². The van der Waals surface area contributed by atoms with Gasteiger partial charge in [-0.2, -0.15) is 0 Å². The Labute approximate surface area is 194 Å². The van der Waals surface area contributed by atoms with E-state index in [9.17, 15) is 9.59 Å². The van der Waals surface area contributed by atoms with Crippen molar-refractivity contribution in [2.24, 2.45) is 17.8 Å². The molecule has 4 saturated carbocycles. The topological polar surface area (TPSA) is 59.1 Å². The van der Waals surface area contributed by atoms with Crippen molar-refractivity contribution in [3.8, 4) is 0 Å². The van der Waals surface area contributed by atoms with Crippen molar-refractivity contribution in [2.45, 2.75) is 56.4 Å². The lowest BCUT2D eigenvalue weighted by atomic mass is 9.48. The number of nitrogens with zero attached hydrogens (tertiary/aromatic N) is 1. The lowest BCUT2D eigenvalue weighted by molar-refractivity contribution is -0.109. The molecule has 1 heterocycles. The first kappa shape index (κ1) is 20.6. The van der Waals surface area contributed by atoms with Crippen LogP contribution in [0.1, 0.15) is 60.1 Å². The van der Waals surface area contributed by atoms with E-state index >= 15 is 0 Å². The van der Waals surface area contributed by atoms with E-state index in [0.717, 1.165) is 46.2 Å². The third kappa shape index (κ3) is 3.76. The predicted octanol–water partition coefficient (Wildman–Crippen LogP) is 5.24. The lowest BCUT2D eigenvalue weighted by Gasteiger charge is -2.56. The van der Waals surface area contributed by atoms with E-state index in [2.05, 4.69) is 11.4 Å². The van der Waals surface area contributed by atoms with E-state index in [1.807, 2.05) is 54.6 Å². The van der Waals surface area contributed by atoms with E-state index in [0.29, 0.717) is 12.0 Å². The summed E-state index contributed by atoms with van der Waals surface area (Å²) >= 11 is 0. The van der Waals surface area contributed by atoms with Crippen LogP contribution in [-0.2, 0) is 16.6 Å². The fourth-order valence-corrected chi connectivity index (χ4v) is 7.31. The maximum atomic E-state index is 13.5. The summed E-state index contributed by atoms with van der Waals surface area (Å²) in [6.45, 7) is 0. The molecule has 33 heavy (non-hydrogen) atoms. The van der Waals surface area contributed by atoms with Crippen molar-refractivity contribution >= 4 is 23.1 Å². The van der Waals surface area contributed by atoms with E-state index in [-0.39, 0.29) is 11.3 Å². The number of benzene rings is 2. The highest BCUT2D eigenvalue weighted by molar-refractivity contribution is 6.07. The molecule has 3 aromatic rings. The van der Waals surface area contributed by atoms with Gasteiger partial charge in [-0.15, -0.1) is 0 Å². The third-order valence-corrected chi connectivity index (χ3v) is 8.32. The van der Waals surface area contributed by atoms with Gasteiger partial charge in [0.15, 0.2) is 0 Å². The summed E-state index contributed by atoms with van der Waals surface area (Å²) in [5.41, 5.74) is 3.76. The largest absolute Gasteiger partial charge is 0.342 e. The molecule has 0 aliphatic heterocycles. The molecular weight excluding hydrogens is 408 g/mol. The highest BCUT2D eigenvalue weighted by Gasteiger charge is 2.52. The Morgan fingerprint density at radius 1 is 0.970 bits per heavy atom. The fraction of sp³-hybridized carbons (Fsp3) is 0.414. The van der Waals surface area contributed by atoms with E-state index in [4.69, 9.17) is 4.98 Å². The number of hydrogen-bond acceptors (Lipinski definition) is 3. The highest BCUT2D eigenvalue weighted by atomic mass is 16.2. The summed E-state index contributed by atoms with van der Waals surface area (Å²) in [5.74, 6) is 2.25. The second-order valence-corrected chi connectivity index (χ2v) is 10.7. The number of nitrogens with one attached hydrogen (secondary N) is 1. The van der Waals surface area contributed by atoms with Gasteiger partial charge in [-0.25, -0.2) is 0 Å². The molecular formula is C29H30N2O2. The first-order valence-corrected chi connectivity index (χ1v) is 12.3. The molecule has 1 amide bonds. The molecule has 1 unspecified atom stereocenters. The zero-order chi connectivity index (χ0) is 22.4. The average Bonchev–Trinajstić information content (AvgIpc) is 2.82. The fourth-order valence-electron chi connectivity index (χ4n) is 7.31. The highest BCUT2D eigenvalue weighted by Crippen LogP contribution is 2.60. The maximum absolute atomic E-state index is 13.5. The molecule has 4 heteroatoms. The first-order valence-electron chi connectivity index (χ1n) is 12.3. The third-order valence-electron chi connectivity index (χ3n) is 8.32. The molecule has 7 rings (SSSR count). The molecule has 2 aromatic carbocycles. The van der Waals surface area contributed by atoms with Crippen LogP contribution in [0, 0.1) is 17.8 Å². The Hall–Kier alpha value is -3.01. The number of fused-ring (bicyclic) bond motifs is 1. The quantitative estimate of drug-likeness (QED) is 0.535. The summed E-state index contributed by atoms with van der Waals surface area (Å²) < 4.78 is 0. The van der Waals surface area contributed by atoms with Gasteiger partial charge in [0.05, 0.1) is 17.1 Å². The zero-order valence-corrected chi connectivity index (χ0v) is 18.9. The van der Waals surface area contributed by atoms with E-state index in [1.54, 1.807) is 0 Å². The summed E-state index contributed by atoms with van der Waals surface area (Å²) in [4.78, 5) is 30.4. The number of amides is 1. The second kappa shape index (κ2) is 8.09. The molecule has 1 N–H and O–H groups in total. The molecule has 4 aliphatic carbocycles. The molecule has 0 saturated heterocycles. The van der Waals surface area contributed by atoms with Crippen LogP contribution in [-0.4, -0.2) is 23.2 Å². The Balaban J connectivity index is 1.35. The predicted molar refractivity (Wildman–Crippen MR) is 129 cm³/mol. The molecule has 4 aliphatic rings. The smallest absolute Gasteiger partial charge is 0.252 e. The molecule has 4 bridgehead atoms. The zero-order valence-electron chi connectivity index (χ0n) is 18.9. The first-order chi connectivity index (χ1) is 16.1. The lowest BCUT2D eigenvalue weighted by Crippen LogP contribution is -2.49. The van der Waals surface area contributed by atoms with Crippen molar-refractivity contribution in [2.75, 3.05) is 0 Å². The molecule has 1 aromatic heterocycles. The number of rotatable bonds is 6. The monoisotopic (exact) mass is 438 g/mol. The Morgan fingerprint density at radius 2 is 1.61 bits per heavy atom. The van der Waals surface area contributed by atoms with Gasteiger partial charge in [0, 0.05) is 16.5 Å². The molecule has 0 spiro atoms. The van der Waals surface area contributed by atoms with E-state index < -0.39 is 6.04 Å². The van der Waals surface area contributed by atoms with Crippen molar-refractivity contribution in [3.63, 3.8) is 0 Å². The maximum Gasteiger partial charge on any atom is 0.252 e. The molecule has 4 fully saturated rings. The molecule has 0 radical (unpaired) electrons. The van der Waals surface area contributed by atoms with Crippen molar-refractivity contribution in [1.82, 2.24) is 10.3 Å². The van der Waals surface area contributed by atoms with Crippen LogP contribution in [0.2, 0.25) is 0 Å². The van der Waals surface area contributed by atoms with Gasteiger partial charge in [0.25, 0.3) is 5.91 Å². The van der Waals surface area contributed by atoms with Crippen LogP contribution in [0.4, 0.5) is 0 Å². The van der Waals surface area contributed by atoms with Gasteiger partial charge in [0.1, 0.15) is 6.29 Å². The Kier molecular flexibility index (Phi) is 5.05. The van der Waals surface area contributed by atoms with Gasteiger partial charge < -0.3 is 10.1 Å². The summed E-state index contributed by atoms with van der Waals surface area (Å²) in [6, 6.07) is 19.2. The number of carbonyl (C=O) groups is 2. The number of aromatic nitrogens is 1. The minimum atomic E-state index is -0.560. The van der Waals surface area contributed by atoms with Gasteiger partial charge >= 0.3 is 0 Å². The number of carbonyl (C=O) groups excluding carboxylic acids is 2. The number of pyridine rings is 1. The van der Waals surface area contributed by atoms with Crippen LogP contribution in [0.15, 0.2) is 60.7 Å². The number of hydrogen-bond donors (Lipinski definition) is 1. The SMILES string of the molecule is O=CC(Cc1ccccc1)NC(=O)c1cc(C23CC4CC(CC(C4)C2)C3)nc2ccccc12. The van der Waals surface area contributed by atoms with Crippen LogP contribution < -0.4 is 5.32 Å². The van der Waals surface area contributed by atoms with Crippen molar-refractivity contribution in [3.05, 3.63) is 77.5 Å². The van der Waals surface area contributed by atoms with Crippen molar-refractivity contribution < 1.29 is 9.59 Å². The van der Waals surface area contributed by atoms with Crippen LogP contribution in [0.3, 0.4) is 0 Å². The molecule has 168 valence electrons. The van der Waals surface area contributed by atoms with Gasteiger partial charge in [-0.05, 0) is 80.4 Å². The average molecular weight is 439 g/mol. The van der Waals surface area contributed by atoms with E-state index in [1.165, 1.54) is 38.5 Å². The Morgan fingerprint density at radius 3 is 2.27 bits per heavy atom. The standard InChI is InChI=1S/C29H30N2O2/c32-18-23(13-19-6-2-1-3-7-19)30-28(33)25-14-27(31-26-9-5-4-8-24(25)26)29-15-20-10-21(16-29)12-22(11-20)17-29/h1-9,14,18,20-23H,10-13,15-17H2,(H,30,33). The van der Waals surface area contributed by atoms with Crippen molar-refractivity contribution in [1.29, 1.82) is 0 Å². The second-order valence-electron chi connectivity index (χ2n) is 10.7. The molecule has 4 nitrogen and oxygen atoms in total. The normalized spacial score (nSPS) is 28.5. The van der Waals surface area contributed by atoms with Gasteiger partial charge in [-0.1, -0.05) is 48.5 Å². The minimum absolute atomic E-state index is 0.113. The molecule has 1 atom stereocenters. The number of aldehydes is 1. The minimum Gasteiger partial charge on any atom is -0.342 e. The summed E-state index contributed by atoms with van der Waals surface area (Å²) in [7, 11) is 0. The Bertz CT molecular complexity index is 1170.